The maximum atomic E-state index is 10.0. The van der Waals surface area contributed by atoms with Crippen molar-refractivity contribution in [2.45, 2.75) is 104 Å². The summed E-state index contributed by atoms with van der Waals surface area (Å²) in [5.74, 6) is 3.37. The first-order valence-corrected chi connectivity index (χ1v) is 12.1. The van der Waals surface area contributed by atoms with Gasteiger partial charge in [0.1, 0.15) is 0 Å². The predicted molar refractivity (Wildman–Crippen MR) is 121 cm³/mol. The normalized spacial score (nSPS) is 37.6. The Morgan fingerprint density at radius 2 is 1.89 bits per heavy atom. The van der Waals surface area contributed by atoms with Crippen LogP contribution in [0.1, 0.15) is 98.3 Å². The lowest BCUT2D eigenvalue weighted by Gasteiger charge is -2.44. The molecule has 3 fully saturated rings. The third-order valence-corrected chi connectivity index (χ3v) is 8.35. The van der Waals surface area contributed by atoms with Crippen molar-refractivity contribution in [3.05, 3.63) is 35.5 Å². The summed E-state index contributed by atoms with van der Waals surface area (Å²) in [4.78, 5) is 0. The van der Waals surface area contributed by atoms with Crippen LogP contribution in [0.25, 0.3) is 0 Å². The molecule has 0 aliphatic heterocycles. The highest BCUT2D eigenvalue weighted by Crippen LogP contribution is 2.59. The molecule has 3 aliphatic rings. The van der Waals surface area contributed by atoms with Gasteiger partial charge in [-0.05, 0) is 86.0 Å². The monoisotopic (exact) mass is 384 g/mol. The average Bonchev–Trinajstić information content (AvgIpc) is 2.99. The summed E-state index contributed by atoms with van der Waals surface area (Å²) in [7, 11) is 0. The molecule has 0 spiro atoms. The molecule has 3 saturated carbocycles. The van der Waals surface area contributed by atoms with Gasteiger partial charge in [-0.3, -0.25) is 0 Å². The van der Waals surface area contributed by atoms with E-state index in [2.05, 4.69) is 46.4 Å². The molecule has 0 unspecified atom stereocenters. The average molecular weight is 385 g/mol. The number of aliphatic hydroxyl groups is 1. The van der Waals surface area contributed by atoms with Crippen molar-refractivity contribution in [3.63, 3.8) is 0 Å². The second-order valence-corrected chi connectivity index (χ2v) is 10.8. The molecule has 28 heavy (non-hydrogen) atoms. The number of aliphatic hydroxyl groups excluding tert-OH is 1. The van der Waals surface area contributed by atoms with E-state index in [1.54, 1.807) is 5.57 Å². The van der Waals surface area contributed by atoms with Crippen molar-refractivity contribution < 1.29 is 5.11 Å². The second kappa shape index (κ2) is 9.33. The molecule has 1 nitrogen and oxygen atoms in total. The van der Waals surface area contributed by atoms with Crippen molar-refractivity contribution in [1.82, 2.24) is 0 Å². The van der Waals surface area contributed by atoms with Crippen molar-refractivity contribution in [2.24, 2.45) is 29.1 Å². The number of rotatable bonds is 6. The van der Waals surface area contributed by atoms with Gasteiger partial charge in [0.05, 0.1) is 6.10 Å². The zero-order valence-corrected chi connectivity index (χ0v) is 19.0. The molecule has 1 heteroatoms. The molecular weight excluding hydrogens is 340 g/mol. The highest BCUT2D eigenvalue weighted by molar-refractivity contribution is 5.36. The molecule has 0 bridgehead atoms. The number of hydrogen-bond donors (Lipinski definition) is 1. The molecule has 0 aromatic rings. The number of hydrogen-bond acceptors (Lipinski definition) is 1. The molecule has 0 amide bonds. The van der Waals surface area contributed by atoms with Gasteiger partial charge in [-0.15, -0.1) is 0 Å². The van der Waals surface area contributed by atoms with Gasteiger partial charge in [-0.1, -0.05) is 76.8 Å². The molecule has 0 radical (unpaired) electrons. The maximum Gasteiger partial charge on any atom is 0.0583 e. The summed E-state index contributed by atoms with van der Waals surface area (Å²) in [5, 5.41) is 10.0. The largest absolute Gasteiger partial charge is 0.393 e. The van der Waals surface area contributed by atoms with Crippen molar-refractivity contribution in [1.29, 1.82) is 0 Å². The zero-order chi connectivity index (χ0) is 20.3. The summed E-state index contributed by atoms with van der Waals surface area (Å²) in [6.45, 7) is 14.1. The molecule has 0 aromatic heterocycles. The van der Waals surface area contributed by atoms with Crippen LogP contribution in [0.4, 0.5) is 0 Å². The van der Waals surface area contributed by atoms with Gasteiger partial charge in [-0.25, -0.2) is 0 Å². The predicted octanol–water partition coefficient (Wildman–Crippen LogP) is 7.62. The molecular formula is C27H44O. The fourth-order valence-electron chi connectivity index (χ4n) is 6.66. The lowest BCUT2D eigenvalue weighted by atomic mass is 9.60. The topological polar surface area (TPSA) is 20.2 Å². The third-order valence-electron chi connectivity index (χ3n) is 8.35. The molecule has 1 N–H and O–H groups in total. The van der Waals surface area contributed by atoms with Crippen LogP contribution < -0.4 is 0 Å². The summed E-state index contributed by atoms with van der Waals surface area (Å²) < 4.78 is 0. The Bertz CT molecular complexity index is 610. The Morgan fingerprint density at radius 1 is 1.11 bits per heavy atom. The maximum absolute atomic E-state index is 10.0. The zero-order valence-electron chi connectivity index (χ0n) is 19.0. The van der Waals surface area contributed by atoms with E-state index in [4.69, 9.17) is 0 Å². The minimum absolute atomic E-state index is 0.172. The molecule has 5 atom stereocenters. The van der Waals surface area contributed by atoms with Crippen LogP contribution in [-0.4, -0.2) is 11.2 Å². The fourth-order valence-corrected chi connectivity index (χ4v) is 6.66. The van der Waals surface area contributed by atoms with Gasteiger partial charge in [0, 0.05) is 0 Å². The molecule has 3 aliphatic carbocycles. The van der Waals surface area contributed by atoms with Gasteiger partial charge >= 0.3 is 0 Å². The first-order valence-electron chi connectivity index (χ1n) is 12.1. The first kappa shape index (κ1) is 21.9. The van der Waals surface area contributed by atoms with Crippen molar-refractivity contribution in [2.75, 3.05) is 0 Å². The van der Waals surface area contributed by atoms with E-state index in [0.29, 0.717) is 5.41 Å². The van der Waals surface area contributed by atoms with E-state index in [0.717, 1.165) is 42.9 Å². The van der Waals surface area contributed by atoms with E-state index < -0.39 is 0 Å². The minimum atomic E-state index is -0.172. The number of allylic oxidation sites excluding steroid dienone is 4. The van der Waals surface area contributed by atoms with Crippen LogP contribution >= 0.6 is 0 Å². The summed E-state index contributed by atoms with van der Waals surface area (Å²) >= 11 is 0. The van der Waals surface area contributed by atoms with E-state index in [1.807, 2.05) is 0 Å². The lowest BCUT2D eigenvalue weighted by Crippen LogP contribution is -2.36. The Labute approximate surface area is 174 Å². The third kappa shape index (κ3) is 4.84. The van der Waals surface area contributed by atoms with Crippen LogP contribution in [-0.2, 0) is 0 Å². The van der Waals surface area contributed by atoms with E-state index in [-0.39, 0.29) is 6.10 Å². The Kier molecular flexibility index (Phi) is 7.29. The van der Waals surface area contributed by atoms with Crippen molar-refractivity contribution in [3.8, 4) is 0 Å². The van der Waals surface area contributed by atoms with Crippen LogP contribution in [0.5, 0.6) is 0 Å². The van der Waals surface area contributed by atoms with Crippen LogP contribution in [0.3, 0.4) is 0 Å². The Balaban J connectivity index is 1.70. The Morgan fingerprint density at radius 3 is 2.64 bits per heavy atom. The fraction of sp³-hybridized carbons (Fsp3) is 0.778. The van der Waals surface area contributed by atoms with E-state index >= 15 is 0 Å². The summed E-state index contributed by atoms with van der Waals surface area (Å²) in [6.07, 6.45) is 18.2. The first-order chi connectivity index (χ1) is 13.3. The van der Waals surface area contributed by atoms with Crippen LogP contribution in [0.15, 0.2) is 35.5 Å². The smallest absolute Gasteiger partial charge is 0.0583 e. The molecule has 3 rings (SSSR count). The molecule has 0 saturated heterocycles. The quantitative estimate of drug-likeness (QED) is 0.499. The van der Waals surface area contributed by atoms with Gasteiger partial charge in [-0.2, -0.15) is 0 Å². The molecule has 0 heterocycles. The van der Waals surface area contributed by atoms with Gasteiger partial charge in [0.25, 0.3) is 0 Å². The minimum Gasteiger partial charge on any atom is -0.393 e. The standard InChI is InChI=1S/C27H44O/c1-19(2)8-6-9-21(4)25-15-16-26-22(10-7-17-27(25,26)5)12-13-23-18-24(28)14-11-20(23)3/h12-13,19,21,24-26,28H,3,6-11,14-18H2,1-2,4-5H3/b22-12-,23-13-/t21-,24-,25-,26+,27-/m1/s1. The van der Waals surface area contributed by atoms with Crippen molar-refractivity contribution >= 4 is 0 Å². The second-order valence-electron chi connectivity index (χ2n) is 10.8. The summed E-state index contributed by atoms with van der Waals surface area (Å²) in [6, 6.07) is 0. The SMILES string of the molecule is C=C1CC[C@@H](O)C/C1=C/C=C1/CCC[C@]2(C)[C@@H]([C@H](C)CCCC(C)C)CC[C@@H]12. The Hall–Kier alpha value is -0.820. The molecule has 0 aromatic carbocycles. The van der Waals surface area contributed by atoms with E-state index in [1.165, 1.54) is 62.5 Å². The van der Waals surface area contributed by atoms with Gasteiger partial charge in [0.2, 0.25) is 0 Å². The summed E-state index contributed by atoms with van der Waals surface area (Å²) in [5.41, 5.74) is 4.72. The van der Waals surface area contributed by atoms with E-state index in [9.17, 15) is 5.11 Å². The van der Waals surface area contributed by atoms with Crippen LogP contribution in [0, 0.1) is 29.1 Å². The molecule has 158 valence electrons. The lowest BCUT2D eigenvalue weighted by molar-refractivity contribution is 0.0929. The van der Waals surface area contributed by atoms with Gasteiger partial charge in [0.15, 0.2) is 0 Å². The highest BCUT2D eigenvalue weighted by Gasteiger charge is 2.50. The highest BCUT2D eigenvalue weighted by atomic mass is 16.3. The number of fused-ring (bicyclic) bond motifs is 1. The van der Waals surface area contributed by atoms with Gasteiger partial charge < -0.3 is 5.11 Å². The van der Waals surface area contributed by atoms with Crippen LogP contribution in [0.2, 0.25) is 0 Å².